The van der Waals surface area contributed by atoms with Crippen LogP contribution in [-0.2, 0) is 4.74 Å². The number of halogens is 3. The van der Waals surface area contributed by atoms with Gasteiger partial charge >= 0.3 is 6.09 Å². The Hall–Kier alpha value is -3.04. The number of ether oxygens (including phenoxy) is 2. The van der Waals surface area contributed by atoms with Gasteiger partial charge < -0.3 is 25.4 Å². The molecule has 1 aliphatic carbocycles. The molecule has 35 heavy (non-hydrogen) atoms. The van der Waals surface area contributed by atoms with Crippen molar-refractivity contribution in [1.29, 1.82) is 0 Å². The van der Waals surface area contributed by atoms with Crippen molar-refractivity contribution in [2.24, 2.45) is 0 Å². The summed E-state index contributed by atoms with van der Waals surface area (Å²) in [7, 11) is 1.78. The Bertz CT molecular complexity index is 1260. The summed E-state index contributed by atoms with van der Waals surface area (Å²) in [5.74, 6) is 0.304. The Balaban J connectivity index is 1.51. The quantitative estimate of drug-likeness (QED) is 0.327. The molecular formula is C24H26Cl2FN5O3. The van der Waals surface area contributed by atoms with Gasteiger partial charge in [0.1, 0.15) is 29.6 Å². The SMILES string of the molecule is CNc1cc2ncnc(Nc3ccc(Cl)c(Cl)c3F)c2cc1OC1CC(NC(=O)OC(C)(C)C)C1. The van der Waals surface area contributed by atoms with Crippen LogP contribution in [0.3, 0.4) is 0 Å². The van der Waals surface area contributed by atoms with E-state index in [1.807, 2.05) is 26.8 Å². The van der Waals surface area contributed by atoms with Gasteiger partial charge in [0, 0.05) is 31.3 Å². The number of anilines is 3. The maximum atomic E-state index is 14.6. The van der Waals surface area contributed by atoms with Gasteiger partial charge in [-0.3, -0.25) is 0 Å². The number of nitrogens with zero attached hydrogens (tertiary/aromatic N) is 2. The highest BCUT2D eigenvalue weighted by Gasteiger charge is 2.33. The second-order valence-electron chi connectivity index (χ2n) is 9.24. The fraction of sp³-hybridized carbons (Fsp3) is 0.375. The molecule has 3 aromatic rings. The van der Waals surface area contributed by atoms with E-state index in [9.17, 15) is 9.18 Å². The Morgan fingerprint density at radius 2 is 1.89 bits per heavy atom. The molecule has 0 saturated heterocycles. The zero-order valence-corrected chi connectivity index (χ0v) is 21.2. The van der Waals surface area contributed by atoms with E-state index >= 15 is 0 Å². The van der Waals surface area contributed by atoms with Crippen LogP contribution in [0, 0.1) is 5.82 Å². The van der Waals surface area contributed by atoms with Crippen LogP contribution in [-0.4, -0.2) is 40.9 Å². The lowest BCUT2D eigenvalue weighted by molar-refractivity contribution is 0.0364. The van der Waals surface area contributed by atoms with E-state index in [1.165, 1.54) is 18.5 Å². The number of carbonyl (C=O) groups is 1. The molecule has 11 heteroatoms. The molecule has 1 heterocycles. The van der Waals surface area contributed by atoms with Crippen LogP contribution < -0.4 is 20.7 Å². The van der Waals surface area contributed by atoms with Crippen LogP contribution in [0.4, 0.5) is 26.4 Å². The number of nitrogens with one attached hydrogen (secondary N) is 3. The number of amides is 1. The minimum atomic E-state index is -0.674. The number of alkyl carbamates (subject to hydrolysis) is 1. The first-order chi connectivity index (χ1) is 16.5. The molecule has 0 unspecified atom stereocenters. The Morgan fingerprint density at radius 3 is 2.57 bits per heavy atom. The monoisotopic (exact) mass is 521 g/mol. The summed E-state index contributed by atoms with van der Waals surface area (Å²) in [6.07, 6.45) is 2.15. The maximum Gasteiger partial charge on any atom is 0.407 e. The van der Waals surface area contributed by atoms with Gasteiger partial charge in [0.05, 0.1) is 26.9 Å². The highest BCUT2D eigenvalue weighted by Crippen LogP contribution is 2.37. The van der Waals surface area contributed by atoms with E-state index in [-0.39, 0.29) is 27.9 Å². The predicted octanol–water partition coefficient (Wildman–Crippen LogP) is 6.30. The molecule has 1 saturated carbocycles. The summed E-state index contributed by atoms with van der Waals surface area (Å²) >= 11 is 11.8. The molecule has 186 valence electrons. The third kappa shape index (κ3) is 5.79. The van der Waals surface area contributed by atoms with Gasteiger partial charge in [-0.1, -0.05) is 23.2 Å². The number of benzene rings is 2. The standard InChI is InChI=1S/C24H26Cl2FN5O3/c1-24(2,3)35-23(33)31-12-7-13(8-12)34-19-9-14-17(10-18(19)28-4)29-11-30-22(14)32-16-6-5-15(25)20(26)21(16)27/h5-6,9-13,28H,7-8H2,1-4H3,(H,31,33)(H,29,30,32). The Labute approximate surface area is 212 Å². The highest BCUT2D eigenvalue weighted by molar-refractivity contribution is 6.42. The highest BCUT2D eigenvalue weighted by atomic mass is 35.5. The van der Waals surface area contributed by atoms with Crippen LogP contribution in [0.5, 0.6) is 5.75 Å². The number of fused-ring (bicyclic) bond motifs is 1. The normalized spacial score (nSPS) is 17.5. The molecule has 0 spiro atoms. The minimum Gasteiger partial charge on any atom is -0.488 e. The average Bonchev–Trinajstić information content (AvgIpc) is 2.76. The van der Waals surface area contributed by atoms with Crippen molar-refractivity contribution >= 4 is 57.4 Å². The summed E-state index contributed by atoms with van der Waals surface area (Å²) in [6, 6.07) is 6.60. The van der Waals surface area contributed by atoms with Gasteiger partial charge in [-0.05, 0) is 45.0 Å². The molecule has 1 fully saturated rings. The van der Waals surface area contributed by atoms with Gasteiger partial charge in [0.15, 0.2) is 5.82 Å². The van der Waals surface area contributed by atoms with Crippen LogP contribution in [0.15, 0.2) is 30.6 Å². The van der Waals surface area contributed by atoms with Crippen LogP contribution in [0.1, 0.15) is 33.6 Å². The molecule has 8 nitrogen and oxygen atoms in total. The number of aromatic nitrogens is 2. The van der Waals surface area contributed by atoms with Crippen molar-refractivity contribution in [3.63, 3.8) is 0 Å². The zero-order valence-electron chi connectivity index (χ0n) is 19.7. The third-order valence-electron chi connectivity index (χ3n) is 5.40. The molecule has 0 aliphatic heterocycles. The summed E-state index contributed by atoms with van der Waals surface area (Å²) in [4.78, 5) is 20.6. The summed E-state index contributed by atoms with van der Waals surface area (Å²) < 4.78 is 26.1. The van der Waals surface area contributed by atoms with Crippen LogP contribution in [0.25, 0.3) is 10.9 Å². The molecule has 4 rings (SSSR count). The van der Waals surface area contributed by atoms with Crippen molar-refractivity contribution < 1.29 is 18.7 Å². The van der Waals surface area contributed by atoms with E-state index < -0.39 is 17.5 Å². The molecular weight excluding hydrogens is 496 g/mol. The summed E-state index contributed by atoms with van der Waals surface area (Å²) in [6.45, 7) is 5.46. The summed E-state index contributed by atoms with van der Waals surface area (Å²) in [5, 5.41) is 9.52. The van der Waals surface area contributed by atoms with Gasteiger partial charge in [-0.25, -0.2) is 19.2 Å². The Morgan fingerprint density at radius 1 is 1.14 bits per heavy atom. The van der Waals surface area contributed by atoms with Crippen LogP contribution >= 0.6 is 23.2 Å². The molecule has 2 aromatic carbocycles. The van der Waals surface area contributed by atoms with Crippen LogP contribution in [0.2, 0.25) is 10.0 Å². The molecule has 0 atom stereocenters. The lowest BCUT2D eigenvalue weighted by atomic mass is 9.89. The zero-order chi connectivity index (χ0) is 25.3. The van der Waals surface area contributed by atoms with E-state index in [0.717, 1.165) is 5.69 Å². The molecule has 3 N–H and O–H groups in total. The van der Waals surface area contributed by atoms with Gasteiger partial charge in [0.2, 0.25) is 0 Å². The molecule has 0 bridgehead atoms. The number of carbonyl (C=O) groups excluding carboxylic acids is 1. The van der Waals surface area contributed by atoms with Gasteiger partial charge in [-0.15, -0.1) is 0 Å². The number of hydrogen-bond acceptors (Lipinski definition) is 7. The summed E-state index contributed by atoms with van der Waals surface area (Å²) in [5.41, 5.74) is 0.962. The molecule has 1 aromatic heterocycles. The van der Waals surface area contributed by atoms with Gasteiger partial charge in [0.25, 0.3) is 0 Å². The fourth-order valence-electron chi connectivity index (χ4n) is 3.66. The van der Waals surface area contributed by atoms with E-state index in [4.69, 9.17) is 32.7 Å². The first-order valence-electron chi connectivity index (χ1n) is 11.1. The first kappa shape index (κ1) is 25.1. The maximum absolute atomic E-state index is 14.6. The number of hydrogen-bond donors (Lipinski definition) is 3. The van der Waals surface area contributed by atoms with Crippen molar-refractivity contribution in [1.82, 2.24) is 15.3 Å². The third-order valence-corrected chi connectivity index (χ3v) is 6.18. The Kier molecular flexibility index (Phi) is 7.10. The predicted molar refractivity (Wildman–Crippen MR) is 136 cm³/mol. The molecule has 1 aliphatic rings. The average molecular weight is 522 g/mol. The second-order valence-corrected chi connectivity index (χ2v) is 10.0. The largest absolute Gasteiger partial charge is 0.488 e. The molecule has 1 amide bonds. The molecule has 0 radical (unpaired) electrons. The van der Waals surface area contributed by atoms with Gasteiger partial charge in [-0.2, -0.15) is 0 Å². The van der Waals surface area contributed by atoms with E-state index in [0.29, 0.717) is 35.3 Å². The lowest BCUT2D eigenvalue weighted by Gasteiger charge is -2.36. The van der Waals surface area contributed by atoms with Crippen molar-refractivity contribution in [2.45, 2.75) is 51.4 Å². The van der Waals surface area contributed by atoms with E-state index in [1.54, 1.807) is 13.1 Å². The fourth-order valence-corrected chi connectivity index (χ4v) is 3.97. The lowest BCUT2D eigenvalue weighted by Crippen LogP contribution is -2.50. The smallest absolute Gasteiger partial charge is 0.407 e. The second kappa shape index (κ2) is 9.91. The minimum absolute atomic E-state index is 0.0217. The van der Waals surface area contributed by atoms with E-state index in [2.05, 4.69) is 25.9 Å². The van der Waals surface area contributed by atoms with Crippen molar-refractivity contribution in [3.8, 4) is 5.75 Å². The number of rotatable bonds is 6. The van der Waals surface area contributed by atoms with Crippen molar-refractivity contribution in [3.05, 3.63) is 46.5 Å². The topological polar surface area (TPSA) is 97.4 Å². The first-order valence-corrected chi connectivity index (χ1v) is 11.8. The van der Waals surface area contributed by atoms with Crippen molar-refractivity contribution in [2.75, 3.05) is 17.7 Å².